The van der Waals surface area contributed by atoms with Gasteiger partial charge in [-0.15, -0.1) is 0 Å². The summed E-state index contributed by atoms with van der Waals surface area (Å²) in [5, 5.41) is 14.0. The van der Waals surface area contributed by atoms with Crippen LogP contribution in [0.4, 0.5) is 10.2 Å². The number of benzene rings is 2. The topological polar surface area (TPSA) is 84.5 Å². The van der Waals surface area contributed by atoms with Crippen LogP contribution in [0.5, 0.6) is 11.6 Å². The van der Waals surface area contributed by atoms with Crippen molar-refractivity contribution in [3.05, 3.63) is 94.3 Å². The van der Waals surface area contributed by atoms with Crippen LogP contribution in [0, 0.1) is 10.6 Å². The molecule has 1 fully saturated rings. The molecule has 0 radical (unpaired) electrons. The van der Waals surface area contributed by atoms with Crippen LogP contribution in [0.2, 0.25) is 0 Å². The number of aromatic hydroxyl groups is 1. The molecule has 0 saturated carbocycles. The number of methoxy groups -OCH3 is 1. The molecule has 0 bridgehead atoms. The highest BCUT2D eigenvalue weighted by Crippen LogP contribution is 2.27. The first-order chi connectivity index (χ1) is 19.9. The number of ether oxygens (including phenoxy) is 1. The summed E-state index contributed by atoms with van der Waals surface area (Å²) in [6.07, 6.45) is 5.88. The summed E-state index contributed by atoms with van der Waals surface area (Å²) in [6.45, 7) is 3.72. The molecule has 8 nitrogen and oxygen atoms in total. The molecule has 4 aromatic rings. The lowest BCUT2D eigenvalue weighted by molar-refractivity contribution is -0.115. The predicted molar refractivity (Wildman–Crippen MR) is 159 cm³/mol. The van der Waals surface area contributed by atoms with Gasteiger partial charge in [-0.25, -0.2) is 9.37 Å². The Hall–Kier alpha value is -4.02. The maximum Gasteiger partial charge on any atom is 0.231 e. The van der Waals surface area contributed by atoms with E-state index in [1.807, 2.05) is 0 Å². The molecule has 214 valence electrons. The molecule has 0 aliphatic carbocycles. The normalized spacial score (nSPS) is 13.7. The molecular formula is C31H34FN5O3S. The number of aryl methyl sites for hydroxylation is 1. The molecule has 3 heterocycles. The number of halogens is 1. The van der Waals surface area contributed by atoms with Crippen molar-refractivity contribution in [2.75, 3.05) is 25.5 Å². The van der Waals surface area contributed by atoms with E-state index in [2.05, 4.69) is 39.5 Å². The summed E-state index contributed by atoms with van der Waals surface area (Å²) in [6, 6.07) is 17.6. The van der Waals surface area contributed by atoms with Crippen LogP contribution in [0.15, 0.2) is 66.9 Å². The van der Waals surface area contributed by atoms with Crippen molar-refractivity contribution >= 4 is 23.9 Å². The van der Waals surface area contributed by atoms with Gasteiger partial charge in [0.1, 0.15) is 17.4 Å². The van der Waals surface area contributed by atoms with E-state index in [1.54, 1.807) is 35.9 Å². The second-order valence-electron chi connectivity index (χ2n) is 10.2. The van der Waals surface area contributed by atoms with Crippen molar-refractivity contribution in [3.8, 4) is 17.3 Å². The largest absolute Gasteiger partial charge is 0.495 e. The minimum Gasteiger partial charge on any atom is -0.495 e. The number of aromatic nitrogens is 3. The number of likely N-dealkylation sites (tertiary alicyclic amines) is 1. The molecule has 1 aliphatic heterocycles. The van der Waals surface area contributed by atoms with Crippen LogP contribution in [-0.2, 0) is 30.7 Å². The Balaban J connectivity index is 1.36. The van der Waals surface area contributed by atoms with E-state index < -0.39 is 5.82 Å². The quantitative estimate of drug-likeness (QED) is 0.237. The van der Waals surface area contributed by atoms with E-state index in [-0.39, 0.29) is 18.2 Å². The third-order valence-electron chi connectivity index (χ3n) is 7.37. The summed E-state index contributed by atoms with van der Waals surface area (Å²) in [5.74, 6) is 0.0269. The lowest BCUT2D eigenvalue weighted by atomic mass is 10.1. The lowest BCUT2D eigenvalue weighted by Gasteiger charge is -2.26. The highest BCUT2D eigenvalue weighted by atomic mass is 32.1. The smallest absolute Gasteiger partial charge is 0.231 e. The number of imidazole rings is 1. The number of rotatable bonds is 10. The zero-order chi connectivity index (χ0) is 28.8. The number of carbonyl (C=O) groups is 1. The number of piperidine rings is 1. The molecule has 1 amide bonds. The van der Waals surface area contributed by atoms with Gasteiger partial charge in [0, 0.05) is 13.1 Å². The fraction of sp³-hybridized carbons (Fsp3) is 0.323. The van der Waals surface area contributed by atoms with Crippen LogP contribution in [0.1, 0.15) is 36.1 Å². The zero-order valence-electron chi connectivity index (χ0n) is 23.1. The maximum atomic E-state index is 13.6. The zero-order valence-corrected chi connectivity index (χ0v) is 23.9. The first kappa shape index (κ1) is 28.5. The molecule has 0 spiro atoms. The molecule has 1 aliphatic rings. The number of amides is 1. The van der Waals surface area contributed by atoms with Crippen molar-refractivity contribution in [2.24, 2.45) is 0 Å². The Bertz CT molecular complexity index is 1530. The van der Waals surface area contributed by atoms with Crippen molar-refractivity contribution in [3.63, 3.8) is 0 Å². The van der Waals surface area contributed by atoms with Gasteiger partial charge in [-0.3, -0.25) is 14.3 Å². The van der Waals surface area contributed by atoms with Crippen molar-refractivity contribution in [2.45, 2.75) is 45.2 Å². The SMILES string of the molecule is COc1ccc(NC(=O)Cc2c(O)n(-c3ccc(F)cc3)c(=S)n2CCc2ccc(CN3CCCCC3)cc2)nc1. The van der Waals surface area contributed by atoms with Gasteiger partial charge in [-0.1, -0.05) is 30.7 Å². The predicted octanol–water partition coefficient (Wildman–Crippen LogP) is 5.67. The summed E-state index contributed by atoms with van der Waals surface area (Å²) >= 11 is 5.76. The highest BCUT2D eigenvalue weighted by Gasteiger charge is 2.21. The van der Waals surface area contributed by atoms with Crippen molar-refractivity contribution in [1.29, 1.82) is 0 Å². The van der Waals surface area contributed by atoms with E-state index >= 15 is 0 Å². The molecule has 0 unspecified atom stereocenters. The summed E-state index contributed by atoms with van der Waals surface area (Å²) < 4.78 is 22.3. The molecule has 2 aromatic heterocycles. The first-order valence-electron chi connectivity index (χ1n) is 13.8. The van der Waals surface area contributed by atoms with Gasteiger partial charge in [-0.2, -0.15) is 0 Å². The number of carbonyl (C=O) groups excluding carboxylic acids is 1. The van der Waals surface area contributed by atoms with Crippen molar-refractivity contribution in [1.82, 2.24) is 19.0 Å². The Kier molecular flexibility index (Phi) is 9.11. The fourth-order valence-electron chi connectivity index (χ4n) is 5.15. The fourth-order valence-corrected chi connectivity index (χ4v) is 5.54. The molecule has 2 aromatic carbocycles. The number of hydrogen-bond acceptors (Lipinski definition) is 6. The minimum absolute atomic E-state index is 0.133. The summed E-state index contributed by atoms with van der Waals surface area (Å²) in [5.41, 5.74) is 3.29. The van der Waals surface area contributed by atoms with Crippen LogP contribution in [0.25, 0.3) is 5.69 Å². The average molecular weight is 576 g/mol. The van der Waals surface area contributed by atoms with Gasteiger partial charge >= 0.3 is 0 Å². The Morgan fingerprint density at radius 1 is 1.02 bits per heavy atom. The molecule has 41 heavy (non-hydrogen) atoms. The van der Waals surface area contributed by atoms with Gasteiger partial charge in [0.25, 0.3) is 0 Å². The highest BCUT2D eigenvalue weighted by molar-refractivity contribution is 7.71. The molecular weight excluding hydrogens is 541 g/mol. The van der Waals surface area contributed by atoms with E-state index in [9.17, 15) is 14.3 Å². The van der Waals surface area contributed by atoms with E-state index in [0.29, 0.717) is 40.7 Å². The minimum atomic E-state index is -0.394. The molecule has 0 atom stereocenters. The number of anilines is 1. The van der Waals surface area contributed by atoms with Crippen LogP contribution >= 0.6 is 12.2 Å². The second kappa shape index (κ2) is 13.1. The van der Waals surface area contributed by atoms with Crippen LogP contribution < -0.4 is 10.1 Å². The average Bonchev–Trinajstić information content (AvgIpc) is 3.22. The van der Waals surface area contributed by atoms with E-state index in [0.717, 1.165) is 25.2 Å². The van der Waals surface area contributed by atoms with Gasteiger partial charge in [0.05, 0.1) is 31.1 Å². The first-order valence-corrected chi connectivity index (χ1v) is 14.2. The molecule has 10 heteroatoms. The number of pyridine rings is 1. The number of nitrogens with zero attached hydrogens (tertiary/aromatic N) is 4. The van der Waals surface area contributed by atoms with Crippen molar-refractivity contribution < 1.29 is 19.0 Å². The lowest BCUT2D eigenvalue weighted by Crippen LogP contribution is -2.29. The number of nitrogens with one attached hydrogen (secondary N) is 1. The monoisotopic (exact) mass is 575 g/mol. The van der Waals surface area contributed by atoms with Gasteiger partial charge in [0.2, 0.25) is 11.8 Å². The molecule has 5 rings (SSSR count). The van der Waals surface area contributed by atoms with Gasteiger partial charge in [0.15, 0.2) is 4.77 Å². The standard InChI is InChI=1S/C31H34FN5O3S/c1-40-26-13-14-28(33-20-26)34-29(38)19-27-30(39)37(25-11-9-24(32)10-12-25)31(41)36(27)18-15-22-5-7-23(8-6-22)21-35-16-3-2-4-17-35/h5-14,20,39H,2-4,15-19,21H2,1H3,(H,33,34,38). The third kappa shape index (κ3) is 7.01. The van der Waals surface area contributed by atoms with Gasteiger partial charge in [-0.05, 0) is 92.1 Å². The third-order valence-corrected chi connectivity index (χ3v) is 7.78. The summed E-state index contributed by atoms with van der Waals surface area (Å²) in [4.78, 5) is 19.7. The maximum absolute atomic E-state index is 13.6. The molecule has 1 saturated heterocycles. The van der Waals surface area contributed by atoms with Crippen LogP contribution in [0.3, 0.4) is 0 Å². The van der Waals surface area contributed by atoms with Gasteiger partial charge < -0.3 is 19.7 Å². The van der Waals surface area contributed by atoms with Crippen LogP contribution in [-0.4, -0.2) is 50.2 Å². The Morgan fingerprint density at radius 3 is 2.39 bits per heavy atom. The summed E-state index contributed by atoms with van der Waals surface area (Å²) in [7, 11) is 1.54. The number of hydrogen-bond donors (Lipinski definition) is 2. The Morgan fingerprint density at radius 2 is 1.73 bits per heavy atom. The van der Waals surface area contributed by atoms with E-state index in [1.165, 1.54) is 47.7 Å². The second-order valence-corrected chi connectivity index (χ2v) is 10.6. The molecule has 2 N–H and O–H groups in total. The Labute approximate surface area is 244 Å². The van der Waals surface area contributed by atoms with E-state index in [4.69, 9.17) is 17.0 Å².